The Hall–Kier alpha value is -1.44. The number of amides is 1. The highest BCUT2D eigenvalue weighted by molar-refractivity contribution is 7.89. The fourth-order valence-corrected chi connectivity index (χ4v) is 6.13. The molecule has 2 heterocycles. The molecule has 29 heavy (non-hydrogen) atoms. The van der Waals surface area contributed by atoms with Crippen molar-refractivity contribution < 1.29 is 13.2 Å². The van der Waals surface area contributed by atoms with E-state index >= 15 is 0 Å². The van der Waals surface area contributed by atoms with Crippen LogP contribution in [0.5, 0.6) is 0 Å². The van der Waals surface area contributed by atoms with Gasteiger partial charge in [0.25, 0.3) is 0 Å². The van der Waals surface area contributed by atoms with E-state index in [9.17, 15) is 13.2 Å². The van der Waals surface area contributed by atoms with Gasteiger partial charge in [0.2, 0.25) is 15.9 Å². The molecule has 160 valence electrons. The maximum Gasteiger partial charge on any atom is 0.243 e. The Morgan fingerprint density at radius 1 is 1.14 bits per heavy atom. The summed E-state index contributed by atoms with van der Waals surface area (Å²) in [6.07, 6.45) is 4.51. The van der Waals surface area contributed by atoms with Crippen molar-refractivity contribution in [2.75, 3.05) is 19.6 Å². The standard InChI is InChI=1S/C22H33N3O3S/c1-16(2)14-20-21(26)25(15-18-6-7-18)22(23-20)10-12-24(13-11-22)29(27,28)19-8-4-17(3)5-9-19/h4-5,8-9,16,18,20,23H,6-7,10-15H2,1-3H3. The Labute approximate surface area is 174 Å². The van der Waals surface area contributed by atoms with Gasteiger partial charge in [0.1, 0.15) is 0 Å². The van der Waals surface area contributed by atoms with Crippen LogP contribution in [0.15, 0.2) is 29.2 Å². The monoisotopic (exact) mass is 419 g/mol. The third-order valence-corrected chi connectivity index (χ3v) is 8.49. The number of aryl methyl sites for hydroxylation is 1. The van der Waals surface area contributed by atoms with E-state index in [4.69, 9.17) is 0 Å². The Balaban J connectivity index is 1.51. The van der Waals surface area contributed by atoms with E-state index in [1.54, 1.807) is 16.4 Å². The number of carbonyl (C=O) groups is 1. The fraction of sp³-hybridized carbons (Fsp3) is 0.682. The third-order valence-electron chi connectivity index (χ3n) is 6.58. The molecule has 3 aliphatic rings. The van der Waals surface area contributed by atoms with Crippen LogP contribution in [0.1, 0.15) is 51.5 Å². The Bertz CT molecular complexity index is 854. The SMILES string of the molecule is Cc1ccc(S(=O)(=O)N2CCC3(CC2)NC(CC(C)C)C(=O)N3CC2CC2)cc1. The first-order valence-corrected chi connectivity index (χ1v) is 12.3. The topological polar surface area (TPSA) is 69.7 Å². The van der Waals surface area contributed by atoms with Crippen LogP contribution in [0, 0.1) is 18.8 Å². The number of rotatable bonds is 6. The Morgan fingerprint density at radius 3 is 2.31 bits per heavy atom. The highest BCUT2D eigenvalue weighted by Gasteiger charge is 2.53. The average Bonchev–Trinajstić information content (AvgIpc) is 3.46. The largest absolute Gasteiger partial charge is 0.323 e. The molecule has 6 nitrogen and oxygen atoms in total. The molecule has 2 aliphatic heterocycles. The molecule has 1 atom stereocenters. The average molecular weight is 420 g/mol. The predicted molar refractivity (Wildman–Crippen MR) is 113 cm³/mol. The molecule has 1 spiro atoms. The number of hydrogen-bond acceptors (Lipinski definition) is 4. The molecule has 1 aromatic rings. The summed E-state index contributed by atoms with van der Waals surface area (Å²) in [5.74, 6) is 1.27. The first-order valence-electron chi connectivity index (χ1n) is 10.9. The molecular formula is C22H33N3O3S. The molecule has 1 amide bonds. The summed E-state index contributed by atoms with van der Waals surface area (Å²) >= 11 is 0. The highest BCUT2D eigenvalue weighted by Crippen LogP contribution is 2.39. The first kappa shape index (κ1) is 20.8. The predicted octanol–water partition coefficient (Wildman–Crippen LogP) is 2.73. The lowest BCUT2D eigenvalue weighted by Crippen LogP contribution is -2.59. The van der Waals surface area contributed by atoms with Crippen molar-refractivity contribution in [3.8, 4) is 0 Å². The van der Waals surface area contributed by atoms with Gasteiger partial charge in [-0.3, -0.25) is 10.1 Å². The van der Waals surface area contributed by atoms with Gasteiger partial charge in [-0.25, -0.2) is 8.42 Å². The minimum atomic E-state index is -3.50. The lowest BCUT2D eigenvalue weighted by atomic mass is 9.96. The second-order valence-corrected chi connectivity index (χ2v) is 11.4. The first-order chi connectivity index (χ1) is 13.7. The van der Waals surface area contributed by atoms with Crippen molar-refractivity contribution in [3.05, 3.63) is 29.8 Å². The molecule has 4 rings (SSSR count). The van der Waals surface area contributed by atoms with Crippen molar-refractivity contribution in [2.24, 2.45) is 11.8 Å². The van der Waals surface area contributed by atoms with Gasteiger partial charge in [-0.1, -0.05) is 31.5 Å². The number of nitrogens with one attached hydrogen (secondary N) is 1. The molecule has 1 N–H and O–H groups in total. The molecule has 2 saturated heterocycles. The summed E-state index contributed by atoms with van der Waals surface area (Å²) in [7, 11) is -3.50. The fourth-order valence-electron chi connectivity index (χ4n) is 4.69. The molecule has 0 aromatic heterocycles. The summed E-state index contributed by atoms with van der Waals surface area (Å²) in [6, 6.07) is 6.90. The lowest BCUT2D eigenvalue weighted by molar-refractivity contribution is -0.133. The van der Waals surface area contributed by atoms with Crippen molar-refractivity contribution in [2.45, 2.75) is 69.5 Å². The molecular weight excluding hydrogens is 386 g/mol. The van der Waals surface area contributed by atoms with Gasteiger partial charge in [-0.05, 0) is 63.0 Å². The van der Waals surface area contributed by atoms with Gasteiger partial charge < -0.3 is 4.90 Å². The van der Waals surface area contributed by atoms with Gasteiger partial charge in [-0.15, -0.1) is 0 Å². The normalized spacial score (nSPS) is 25.3. The Morgan fingerprint density at radius 2 is 1.76 bits per heavy atom. The van der Waals surface area contributed by atoms with E-state index < -0.39 is 15.7 Å². The van der Waals surface area contributed by atoms with Gasteiger partial charge in [0.15, 0.2) is 0 Å². The summed E-state index contributed by atoms with van der Waals surface area (Å²) in [5, 5.41) is 3.64. The number of piperidine rings is 1. The number of carbonyl (C=O) groups excluding carboxylic acids is 1. The highest BCUT2D eigenvalue weighted by atomic mass is 32.2. The molecule has 1 unspecified atom stereocenters. The number of hydrogen-bond donors (Lipinski definition) is 1. The second kappa shape index (κ2) is 7.67. The quantitative estimate of drug-likeness (QED) is 0.770. The number of nitrogens with zero attached hydrogens (tertiary/aromatic N) is 2. The smallest absolute Gasteiger partial charge is 0.243 e. The number of benzene rings is 1. The molecule has 7 heteroatoms. The minimum absolute atomic E-state index is 0.144. The second-order valence-electron chi connectivity index (χ2n) is 9.47. The van der Waals surface area contributed by atoms with E-state index in [2.05, 4.69) is 24.1 Å². The van der Waals surface area contributed by atoms with Crippen molar-refractivity contribution in [1.82, 2.24) is 14.5 Å². The van der Waals surface area contributed by atoms with Crippen molar-refractivity contribution >= 4 is 15.9 Å². The molecule has 1 aliphatic carbocycles. The summed E-state index contributed by atoms with van der Waals surface area (Å²) in [4.78, 5) is 15.6. The molecule has 1 saturated carbocycles. The van der Waals surface area contributed by atoms with E-state index in [0.29, 0.717) is 42.7 Å². The van der Waals surface area contributed by atoms with Crippen LogP contribution in [0.25, 0.3) is 0 Å². The van der Waals surface area contributed by atoms with Gasteiger partial charge in [0.05, 0.1) is 16.6 Å². The van der Waals surface area contributed by atoms with Crippen LogP contribution in [0.4, 0.5) is 0 Å². The maximum atomic E-state index is 13.1. The lowest BCUT2D eigenvalue weighted by Gasteiger charge is -2.44. The summed E-state index contributed by atoms with van der Waals surface area (Å²) in [6.45, 7) is 7.92. The van der Waals surface area contributed by atoms with Crippen LogP contribution in [0.3, 0.4) is 0 Å². The van der Waals surface area contributed by atoms with E-state index in [-0.39, 0.29) is 11.9 Å². The van der Waals surface area contributed by atoms with Gasteiger partial charge in [0, 0.05) is 19.6 Å². The van der Waals surface area contributed by atoms with Crippen LogP contribution in [0.2, 0.25) is 0 Å². The van der Waals surface area contributed by atoms with Gasteiger partial charge >= 0.3 is 0 Å². The van der Waals surface area contributed by atoms with Crippen LogP contribution >= 0.6 is 0 Å². The van der Waals surface area contributed by atoms with E-state index in [1.165, 1.54) is 12.8 Å². The van der Waals surface area contributed by atoms with Crippen LogP contribution in [-0.2, 0) is 14.8 Å². The zero-order chi connectivity index (χ0) is 20.8. The molecule has 3 fully saturated rings. The van der Waals surface area contributed by atoms with Crippen LogP contribution < -0.4 is 5.32 Å². The molecule has 1 aromatic carbocycles. The summed E-state index contributed by atoms with van der Waals surface area (Å²) in [5.41, 5.74) is 0.653. The third kappa shape index (κ3) is 4.09. The van der Waals surface area contributed by atoms with Crippen molar-refractivity contribution in [1.29, 1.82) is 0 Å². The zero-order valence-corrected chi connectivity index (χ0v) is 18.5. The van der Waals surface area contributed by atoms with E-state index in [0.717, 1.165) is 18.5 Å². The summed E-state index contributed by atoms with van der Waals surface area (Å²) < 4.78 is 27.7. The van der Waals surface area contributed by atoms with Gasteiger partial charge in [-0.2, -0.15) is 4.31 Å². The number of sulfonamides is 1. The van der Waals surface area contributed by atoms with Crippen LogP contribution in [-0.4, -0.2) is 54.9 Å². The van der Waals surface area contributed by atoms with Crippen molar-refractivity contribution in [3.63, 3.8) is 0 Å². The Kier molecular flexibility index (Phi) is 5.51. The molecule has 0 radical (unpaired) electrons. The zero-order valence-electron chi connectivity index (χ0n) is 17.7. The molecule has 0 bridgehead atoms. The maximum absolute atomic E-state index is 13.1. The minimum Gasteiger partial charge on any atom is -0.323 e. The van der Waals surface area contributed by atoms with E-state index in [1.807, 2.05) is 19.1 Å².